The molecule has 1 rings (SSSR count). The molecular formula is C11H11BrI3NO. The highest BCUT2D eigenvalue weighted by atomic mass is 127. The quantitative estimate of drug-likeness (QED) is 0.276. The molecule has 0 aromatic heterocycles. The molecule has 0 unspecified atom stereocenters. The van der Waals surface area contributed by atoms with Gasteiger partial charge in [-0.15, -0.1) is 0 Å². The van der Waals surface area contributed by atoms with Crippen LogP contribution < -0.4 is 5.32 Å². The van der Waals surface area contributed by atoms with Crippen molar-refractivity contribution in [2.45, 2.75) is 19.3 Å². The van der Waals surface area contributed by atoms with Crippen LogP contribution >= 0.6 is 83.7 Å². The first-order valence-electron chi connectivity index (χ1n) is 5.05. The lowest BCUT2D eigenvalue weighted by Gasteiger charge is -2.10. The molecular weight excluding hydrogens is 623 g/mol. The highest BCUT2D eigenvalue weighted by Gasteiger charge is 2.09. The topological polar surface area (TPSA) is 29.1 Å². The van der Waals surface area contributed by atoms with E-state index in [9.17, 15) is 4.79 Å². The number of rotatable bonds is 5. The average molecular weight is 634 g/mol. The first-order valence-corrected chi connectivity index (χ1v) is 9.40. The van der Waals surface area contributed by atoms with Crippen LogP contribution in [0.1, 0.15) is 19.3 Å². The molecule has 0 atom stereocenters. The summed E-state index contributed by atoms with van der Waals surface area (Å²) in [6, 6.07) is 4.13. The number of amides is 1. The smallest absolute Gasteiger partial charge is 0.224 e. The molecule has 0 bridgehead atoms. The van der Waals surface area contributed by atoms with E-state index in [2.05, 4.69) is 101 Å². The Morgan fingerprint density at radius 2 is 1.76 bits per heavy atom. The van der Waals surface area contributed by atoms with E-state index in [4.69, 9.17) is 0 Å². The van der Waals surface area contributed by atoms with Crippen molar-refractivity contribution in [3.8, 4) is 0 Å². The molecule has 6 heteroatoms. The number of nitrogens with one attached hydrogen (secondary N) is 1. The highest BCUT2D eigenvalue weighted by molar-refractivity contribution is 14.1. The van der Waals surface area contributed by atoms with Crippen molar-refractivity contribution in [3.63, 3.8) is 0 Å². The summed E-state index contributed by atoms with van der Waals surface area (Å²) < 4.78 is 3.37. The molecule has 0 saturated heterocycles. The van der Waals surface area contributed by atoms with Crippen molar-refractivity contribution >= 4 is 95.3 Å². The Morgan fingerprint density at radius 3 is 2.29 bits per heavy atom. The number of hydrogen-bond acceptors (Lipinski definition) is 1. The van der Waals surface area contributed by atoms with Crippen LogP contribution in [0, 0.1) is 10.7 Å². The van der Waals surface area contributed by atoms with Crippen LogP contribution in [-0.4, -0.2) is 11.2 Å². The van der Waals surface area contributed by atoms with Crippen LogP contribution in [0.3, 0.4) is 0 Å². The van der Waals surface area contributed by atoms with Crippen molar-refractivity contribution in [1.82, 2.24) is 0 Å². The van der Waals surface area contributed by atoms with Gasteiger partial charge >= 0.3 is 0 Å². The van der Waals surface area contributed by atoms with Crippen molar-refractivity contribution in [1.29, 1.82) is 0 Å². The van der Waals surface area contributed by atoms with E-state index in [0.29, 0.717) is 6.42 Å². The van der Waals surface area contributed by atoms with Crippen molar-refractivity contribution < 1.29 is 4.79 Å². The molecule has 94 valence electrons. The zero-order valence-corrected chi connectivity index (χ0v) is 17.0. The van der Waals surface area contributed by atoms with E-state index in [1.165, 1.54) is 3.57 Å². The van der Waals surface area contributed by atoms with Gasteiger partial charge in [0, 0.05) is 22.5 Å². The largest absolute Gasteiger partial charge is 0.324 e. The number of halogens is 4. The number of alkyl halides is 1. The molecule has 1 aromatic rings. The Hall–Kier alpha value is 1.36. The van der Waals surface area contributed by atoms with E-state index in [-0.39, 0.29) is 5.91 Å². The minimum Gasteiger partial charge on any atom is -0.324 e. The van der Waals surface area contributed by atoms with Gasteiger partial charge in [0.2, 0.25) is 5.91 Å². The Morgan fingerprint density at radius 1 is 1.18 bits per heavy atom. The maximum absolute atomic E-state index is 11.7. The highest BCUT2D eigenvalue weighted by Crippen LogP contribution is 2.27. The molecule has 2 nitrogen and oxygen atoms in total. The first-order chi connectivity index (χ1) is 8.04. The fourth-order valence-electron chi connectivity index (χ4n) is 1.24. The number of carbonyl (C=O) groups is 1. The summed E-state index contributed by atoms with van der Waals surface area (Å²) in [7, 11) is 0. The number of unbranched alkanes of at least 4 members (excludes halogenated alkanes) is 1. The Kier molecular flexibility index (Phi) is 8.22. The minimum atomic E-state index is 0.1000. The molecule has 0 radical (unpaired) electrons. The molecule has 1 N–H and O–H groups in total. The summed E-state index contributed by atoms with van der Waals surface area (Å²) in [5.74, 6) is 0.1000. The first kappa shape index (κ1) is 16.4. The predicted molar refractivity (Wildman–Crippen MR) is 101 cm³/mol. The van der Waals surface area contributed by atoms with Crippen LogP contribution in [0.5, 0.6) is 0 Å². The van der Waals surface area contributed by atoms with E-state index >= 15 is 0 Å². The second-order valence-electron chi connectivity index (χ2n) is 3.44. The summed E-state index contributed by atoms with van der Waals surface area (Å²) in [4.78, 5) is 11.7. The molecule has 0 heterocycles. The van der Waals surface area contributed by atoms with Crippen LogP contribution in [0.2, 0.25) is 0 Å². The van der Waals surface area contributed by atoms with Crippen LogP contribution in [0.4, 0.5) is 5.69 Å². The van der Waals surface area contributed by atoms with Gasteiger partial charge in [0.15, 0.2) is 0 Å². The van der Waals surface area contributed by atoms with Gasteiger partial charge in [-0.3, -0.25) is 4.79 Å². The van der Waals surface area contributed by atoms with Gasteiger partial charge in [0.25, 0.3) is 0 Å². The molecule has 0 fully saturated rings. The van der Waals surface area contributed by atoms with Crippen molar-refractivity contribution in [2.75, 3.05) is 10.6 Å². The van der Waals surface area contributed by atoms with Gasteiger partial charge in [-0.2, -0.15) is 0 Å². The minimum absolute atomic E-state index is 0.1000. The number of carbonyl (C=O) groups excluding carboxylic acids is 1. The fourth-order valence-corrected chi connectivity index (χ4v) is 5.49. The summed E-state index contributed by atoms with van der Waals surface area (Å²) in [6.45, 7) is 0. The fraction of sp³-hybridized carbons (Fsp3) is 0.364. The SMILES string of the molecule is O=C(CCCCBr)Nc1c(I)cc(I)cc1I. The Balaban J connectivity index is 2.65. The third-order valence-corrected chi connectivity index (χ3v) is 4.94. The molecule has 17 heavy (non-hydrogen) atoms. The zero-order chi connectivity index (χ0) is 12.8. The standard InChI is InChI=1S/C11H11BrI3NO/c12-4-2-1-3-10(17)16-11-8(14)5-7(13)6-9(11)15/h5-6H,1-4H2,(H,16,17). The van der Waals surface area contributed by atoms with Gasteiger partial charge in [0.1, 0.15) is 0 Å². The second kappa shape index (κ2) is 8.51. The molecule has 0 aliphatic rings. The van der Waals surface area contributed by atoms with Gasteiger partial charge in [0.05, 0.1) is 5.69 Å². The average Bonchev–Trinajstić information content (AvgIpc) is 2.24. The summed E-state index contributed by atoms with van der Waals surface area (Å²) in [5, 5.41) is 3.95. The van der Waals surface area contributed by atoms with E-state index in [1.807, 2.05) is 0 Å². The molecule has 1 amide bonds. The molecule has 0 aliphatic carbocycles. The van der Waals surface area contributed by atoms with Gasteiger partial charge in [-0.25, -0.2) is 0 Å². The van der Waals surface area contributed by atoms with Gasteiger partial charge in [-0.05, 0) is 92.7 Å². The third kappa shape index (κ3) is 5.89. The summed E-state index contributed by atoms with van der Waals surface area (Å²) in [6.07, 6.45) is 2.55. The lowest BCUT2D eigenvalue weighted by molar-refractivity contribution is -0.116. The Bertz CT molecular complexity index is 389. The van der Waals surface area contributed by atoms with Crippen LogP contribution in [-0.2, 0) is 4.79 Å². The van der Waals surface area contributed by atoms with Crippen molar-refractivity contribution in [2.24, 2.45) is 0 Å². The summed E-state index contributed by atoms with van der Waals surface area (Å²) in [5.41, 5.74) is 0.940. The van der Waals surface area contributed by atoms with Gasteiger partial charge < -0.3 is 5.32 Å². The van der Waals surface area contributed by atoms with E-state index in [1.54, 1.807) is 0 Å². The third-order valence-electron chi connectivity index (χ3n) is 2.06. The summed E-state index contributed by atoms with van der Waals surface area (Å²) >= 11 is 10.2. The second-order valence-corrected chi connectivity index (χ2v) is 7.80. The van der Waals surface area contributed by atoms with E-state index in [0.717, 1.165) is 31.0 Å². The van der Waals surface area contributed by atoms with E-state index < -0.39 is 0 Å². The predicted octanol–water partition coefficient (Wildman–Crippen LogP) is 5.00. The number of anilines is 1. The normalized spacial score (nSPS) is 10.4. The lowest BCUT2D eigenvalue weighted by atomic mass is 10.2. The maximum Gasteiger partial charge on any atom is 0.224 e. The lowest BCUT2D eigenvalue weighted by Crippen LogP contribution is -2.13. The zero-order valence-electron chi connectivity index (χ0n) is 8.90. The van der Waals surface area contributed by atoms with Gasteiger partial charge in [-0.1, -0.05) is 15.9 Å². The van der Waals surface area contributed by atoms with Crippen LogP contribution in [0.15, 0.2) is 12.1 Å². The maximum atomic E-state index is 11.7. The number of benzene rings is 1. The Labute approximate surface area is 151 Å². The molecule has 0 spiro atoms. The van der Waals surface area contributed by atoms with Crippen LogP contribution in [0.25, 0.3) is 0 Å². The monoisotopic (exact) mass is 633 g/mol. The molecule has 1 aromatic carbocycles. The molecule has 0 saturated carbocycles. The number of hydrogen-bond donors (Lipinski definition) is 1. The molecule has 0 aliphatic heterocycles. The van der Waals surface area contributed by atoms with Crippen molar-refractivity contribution in [3.05, 3.63) is 22.8 Å².